The first kappa shape index (κ1) is 26.3. The number of amides is 1. The largest absolute Gasteiger partial charge is 0.341 e. The Labute approximate surface area is 157 Å². The summed E-state index contributed by atoms with van der Waals surface area (Å²) in [5.74, 6) is 0.302. The lowest BCUT2D eigenvalue weighted by molar-refractivity contribution is -0.139. The monoisotopic (exact) mass is 356 g/mol. The number of carbonyl (C=O) groups excluding carboxylic acids is 2. The van der Waals surface area contributed by atoms with E-state index in [4.69, 9.17) is 4.79 Å². The number of unbranched alkanes of at least 4 members (excludes halogenated alkanes) is 6. The lowest BCUT2D eigenvalue weighted by Crippen LogP contribution is -2.44. The van der Waals surface area contributed by atoms with E-state index in [0.717, 1.165) is 39.1 Å². The summed E-state index contributed by atoms with van der Waals surface area (Å²) in [5, 5.41) is 0. The van der Waals surface area contributed by atoms with Gasteiger partial charge < -0.3 is 14.6 Å². The summed E-state index contributed by atoms with van der Waals surface area (Å²) in [6, 6.07) is 0. The first-order valence-corrected chi connectivity index (χ1v) is 10.2. The molecule has 1 amide bonds. The topological polar surface area (TPSA) is 40.6 Å². The Morgan fingerprint density at radius 1 is 0.760 bits per heavy atom. The van der Waals surface area contributed by atoms with Gasteiger partial charge in [0.2, 0.25) is 5.91 Å². The predicted molar refractivity (Wildman–Crippen MR) is 109 cm³/mol. The van der Waals surface area contributed by atoms with Gasteiger partial charge in [-0.25, -0.2) is 0 Å². The number of hydrogen-bond acceptors (Lipinski definition) is 3. The fourth-order valence-corrected chi connectivity index (χ4v) is 2.85. The predicted octanol–water partition coefficient (Wildman–Crippen LogP) is 4.77. The summed E-state index contributed by atoms with van der Waals surface area (Å²) in [5.41, 5.74) is -0.273. The Balaban J connectivity index is 0. The minimum atomic E-state index is -0.273. The lowest BCUT2D eigenvalue weighted by Gasteiger charge is -2.31. The second-order valence-electron chi connectivity index (χ2n) is 7.69. The van der Waals surface area contributed by atoms with Gasteiger partial charge in [0.15, 0.2) is 0 Å². The van der Waals surface area contributed by atoms with Gasteiger partial charge >= 0.3 is 0 Å². The van der Waals surface area contributed by atoms with Crippen molar-refractivity contribution in [1.29, 1.82) is 0 Å². The quantitative estimate of drug-likeness (QED) is 0.446. The van der Waals surface area contributed by atoms with Crippen LogP contribution in [0.25, 0.3) is 0 Å². The van der Waals surface area contributed by atoms with E-state index in [0.29, 0.717) is 5.91 Å². The third kappa shape index (κ3) is 14.0. The highest BCUT2D eigenvalue weighted by Gasteiger charge is 2.26. The Kier molecular flexibility index (Phi) is 17.4. The third-order valence-electron chi connectivity index (χ3n) is 4.54. The van der Waals surface area contributed by atoms with Crippen LogP contribution < -0.4 is 0 Å². The smallest absolute Gasteiger partial charge is 0.227 e. The SMILES string of the molecule is C=O.CCCCCCCCCN(CCN(CC)CC)C(=O)C(C)(C)C. The molecule has 0 aliphatic heterocycles. The average Bonchev–Trinajstić information content (AvgIpc) is 2.60. The summed E-state index contributed by atoms with van der Waals surface area (Å²) in [6.07, 6.45) is 9.09. The van der Waals surface area contributed by atoms with Gasteiger partial charge in [0.05, 0.1) is 0 Å². The maximum atomic E-state index is 12.7. The van der Waals surface area contributed by atoms with E-state index in [9.17, 15) is 4.79 Å². The van der Waals surface area contributed by atoms with Gasteiger partial charge in [0.1, 0.15) is 6.79 Å². The fourth-order valence-electron chi connectivity index (χ4n) is 2.85. The first-order chi connectivity index (χ1) is 11.9. The molecule has 0 saturated heterocycles. The van der Waals surface area contributed by atoms with Crippen molar-refractivity contribution in [3.63, 3.8) is 0 Å². The van der Waals surface area contributed by atoms with E-state index in [-0.39, 0.29) is 5.41 Å². The summed E-state index contributed by atoms with van der Waals surface area (Å²) in [4.78, 5) is 25.2. The van der Waals surface area contributed by atoms with Crippen molar-refractivity contribution >= 4 is 12.7 Å². The number of nitrogens with zero attached hydrogens (tertiary/aromatic N) is 2. The van der Waals surface area contributed by atoms with Gasteiger partial charge in [-0.1, -0.05) is 80.1 Å². The fraction of sp³-hybridized carbons (Fsp3) is 0.905. The minimum absolute atomic E-state index is 0.273. The van der Waals surface area contributed by atoms with E-state index in [2.05, 4.69) is 30.6 Å². The van der Waals surface area contributed by atoms with Crippen LogP contribution in [0.2, 0.25) is 0 Å². The van der Waals surface area contributed by atoms with Crippen molar-refractivity contribution in [3.05, 3.63) is 0 Å². The molecule has 0 radical (unpaired) electrons. The van der Waals surface area contributed by atoms with Crippen LogP contribution in [-0.2, 0) is 9.59 Å². The van der Waals surface area contributed by atoms with Crippen molar-refractivity contribution in [2.24, 2.45) is 5.41 Å². The normalized spacial score (nSPS) is 11.2. The van der Waals surface area contributed by atoms with Gasteiger partial charge in [0.25, 0.3) is 0 Å². The van der Waals surface area contributed by atoms with E-state index < -0.39 is 0 Å². The Morgan fingerprint density at radius 2 is 1.24 bits per heavy atom. The molecule has 0 aromatic carbocycles. The molecular formula is C21H44N2O2. The Bertz CT molecular complexity index is 310. The number of hydrogen-bond donors (Lipinski definition) is 0. The van der Waals surface area contributed by atoms with Crippen molar-refractivity contribution in [2.75, 3.05) is 32.7 Å². The molecule has 0 bridgehead atoms. The van der Waals surface area contributed by atoms with Gasteiger partial charge in [-0.05, 0) is 19.5 Å². The highest BCUT2D eigenvalue weighted by atomic mass is 16.2. The number of likely N-dealkylation sites (N-methyl/N-ethyl adjacent to an activating group) is 1. The summed E-state index contributed by atoms with van der Waals surface area (Å²) in [7, 11) is 0. The van der Waals surface area contributed by atoms with Crippen LogP contribution in [0.3, 0.4) is 0 Å². The van der Waals surface area contributed by atoms with Crippen LogP contribution in [0.15, 0.2) is 0 Å². The molecule has 4 nitrogen and oxygen atoms in total. The van der Waals surface area contributed by atoms with Crippen LogP contribution >= 0.6 is 0 Å². The Morgan fingerprint density at radius 3 is 1.68 bits per heavy atom. The molecule has 0 fully saturated rings. The molecule has 0 atom stereocenters. The molecule has 0 aliphatic carbocycles. The summed E-state index contributed by atoms with van der Waals surface area (Å²) in [6.45, 7) is 19.6. The van der Waals surface area contributed by atoms with Crippen LogP contribution in [0.4, 0.5) is 0 Å². The first-order valence-electron chi connectivity index (χ1n) is 10.2. The second-order valence-corrected chi connectivity index (χ2v) is 7.69. The molecule has 0 heterocycles. The third-order valence-corrected chi connectivity index (χ3v) is 4.54. The highest BCUT2D eigenvalue weighted by molar-refractivity contribution is 5.81. The van der Waals surface area contributed by atoms with Crippen LogP contribution in [0.1, 0.15) is 86.5 Å². The second kappa shape index (κ2) is 16.6. The number of carbonyl (C=O) groups is 2. The molecule has 0 unspecified atom stereocenters. The van der Waals surface area contributed by atoms with Crippen LogP contribution in [-0.4, -0.2) is 55.2 Å². The summed E-state index contributed by atoms with van der Waals surface area (Å²) < 4.78 is 0. The maximum absolute atomic E-state index is 12.7. The van der Waals surface area contributed by atoms with Gasteiger partial charge in [-0.15, -0.1) is 0 Å². The van der Waals surface area contributed by atoms with Crippen LogP contribution in [0.5, 0.6) is 0 Å². The zero-order chi connectivity index (χ0) is 19.7. The molecule has 150 valence electrons. The highest BCUT2D eigenvalue weighted by Crippen LogP contribution is 2.18. The molecule has 0 spiro atoms. The molecule has 0 rings (SSSR count). The zero-order valence-corrected chi connectivity index (χ0v) is 17.9. The van der Waals surface area contributed by atoms with Crippen molar-refractivity contribution in [3.8, 4) is 0 Å². The molecular weight excluding hydrogens is 312 g/mol. The molecule has 4 heteroatoms. The minimum Gasteiger partial charge on any atom is -0.341 e. The maximum Gasteiger partial charge on any atom is 0.227 e. The Hall–Kier alpha value is -0.900. The molecule has 0 aliphatic rings. The van der Waals surface area contributed by atoms with Gasteiger partial charge in [0, 0.05) is 25.0 Å². The van der Waals surface area contributed by atoms with E-state index in [1.165, 1.54) is 38.5 Å². The zero-order valence-electron chi connectivity index (χ0n) is 17.9. The van der Waals surface area contributed by atoms with Gasteiger partial charge in [-0.3, -0.25) is 4.79 Å². The molecule has 0 N–H and O–H groups in total. The van der Waals surface area contributed by atoms with Crippen molar-refractivity contribution in [2.45, 2.75) is 86.5 Å². The average molecular weight is 357 g/mol. The lowest BCUT2D eigenvalue weighted by atomic mass is 9.94. The van der Waals surface area contributed by atoms with Crippen molar-refractivity contribution < 1.29 is 9.59 Å². The van der Waals surface area contributed by atoms with E-state index in [1.54, 1.807) is 0 Å². The molecule has 0 saturated carbocycles. The van der Waals surface area contributed by atoms with E-state index >= 15 is 0 Å². The van der Waals surface area contributed by atoms with Crippen LogP contribution in [0, 0.1) is 5.41 Å². The standard InChI is InChI=1S/C20H42N2O.CH2O/c1-7-10-11-12-13-14-15-16-22(19(23)20(4,5)6)18-17-21(8-2)9-3;1-2/h7-18H2,1-6H3;1H2. The van der Waals surface area contributed by atoms with Crippen molar-refractivity contribution in [1.82, 2.24) is 9.80 Å². The summed E-state index contributed by atoms with van der Waals surface area (Å²) >= 11 is 0. The molecule has 0 aromatic heterocycles. The van der Waals surface area contributed by atoms with Gasteiger partial charge in [-0.2, -0.15) is 0 Å². The van der Waals surface area contributed by atoms with E-state index in [1.807, 2.05) is 27.6 Å². The molecule has 25 heavy (non-hydrogen) atoms. The number of rotatable bonds is 13. The molecule has 0 aromatic rings.